The van der Waals surface area contributed by atoms with Crippen molar-refractivity contribution in [2.75, 3.05) is 19.6 Å². The fourth-order valence-corrected chi connectivity index (χ4v) is 3.20. The molecule has 1 saturated heterocycles. The van der Waals surface area contributed by atoms with E-state index in [1.54, 1.807) is 4.90 Å². The number of amides is 2. The van der Waals surface area contributed by atoms with Gasteiger partial charge in [-0.3, -0.25) is 9.59 Å². The average molecular weight is 361 g/mol. The van der Waals surface area contributed by atoms with Crippen LogP contribution in [-0.4, -0.2) is 47.7 Å². The van der Waals surface area contributed by atoms with Crippen LogP contribution in [0.1, 0.15) is 43.5 Å². The number of halogens is 1. The second-order valence-corrected chi connectivity index (χ2v) is 7.39. The molecule has 7 heteroatoms. The van der Waals surface area contributed by atoms with Crippen LogP contribution in [0.25, 0.3) is 0 Å². The van der Waals surface area contributed by atoms with Crippen LogP contribution in [-0.2, 0) is 9.63 Å². The Hall–Kier alpha value is -2.44. The summed E-state index contributed by atoms with van der Waals surface area (Å²) in [6.45, 7) is 5.70. The van der Waals surface area contributed by atoms with Crippen molar-refractivity contribution in [1.29, 1.82) is 0 Å². The number of nitrogens with one attached hydrogen (secondary N) is 1. The zero-order valence-corrected chi connectivity index (χ0v) is 15.1. The Morgan fingerprint density at radius 3 is 2.54 bits per heavy atom. The highest BCUT2D eigenvalue weighted by Crippen LogP contribution is 2.35. The number of carbonyl (C=O) groups excluding carboxylic acids is 2. The third-order valence-electron chi connectivity index (χ3n) is 4.83. The second kappa shape index (κ2) is 7.43. The SMILES string of the molecule is CC(C)CNC(=O)C1=NOC2(CCN(C(=O)c3ccc(F)cc3)CC2)C1. The quantitative estimate of drug-likeness (QED) is 0.895. The number of carbonyl (C=O) groups is 2. The van der Waals surface area contributed by atoms with Crippen molar-refractivity contribution in [2.24, 2.45) is 11.1 Å². The Balaban J connectivity index is 1.53. The van der Waals surface area contributed by atoms with Crippen molar-refractivity contribution >= 4 is 17.5 Å². The fraction of sp³-hybridized carbons (Fsp3) is 0.526. The summed E-state index contributed by atoms with van der Waals surface area (Å²) in [6.07, 6.45) is 1.70. The maximum atomic E-state index is 13.0. The summed E-state index contributed by atoms with van der Waals surface area (Å²) in [5.41, 5.74) is 0.396. The first-order chi connectivity index (χ1) is 12.4. The summed E-state index contributed by atoms with van der Waals surface area (Å²) in [5, 5.41) is 6.84. The Morgan fingerprint density at radius 1 is 1.27 bits per heavy atom. The lowest BCUT2D eigenvalue weighted by Crippen LogP contribution is -2.47. The number of rotatable bonds is 4. The maximum absolute atomic E-state index is 13.0. The number of nitrogens with zero attached hydrogens (tertiary/aromatic N) is 2. The van der Waals surface area contributed by atoms with Gasteiger partial charge in [-0.1, -0.05) is 19.0 Å². The molecule has 0 aromatic heterocycles. The summed E-state index contributed by atoms with van der Waals surface area (Å²) >= 11 is 0. The molecule has 0 atom stereocenters. The van der Waals surface area contributed by atoms with E-state index in [4.69, 9.17) is 4.84 Å². The molecule has 2 amide bonds. The molecule has 0 bridgehead atoms. The molecule has 1 N–H and O–H groups in total. The van der Waals surface area contributed by atoms with E-state index in [-0.39, 0.29) is 17.6 Å². The molecule has 0 aliphatic carbocycles. The molecule has 26 heavy (non-hydrogen) atoms. The van der Waals surface area contributed by atoms with Crippen LogP contribution < -0.4 is 5.32 Å². The highest BCUT2D eigenvalue weighted by Gasteiger charge is 2.44. The number of oxime groups is 1. The first kappa shape index (κ1) is 18.4. The molecule has 140 valence electrons. The molecule has 6 nitrogen and oxygen atoms in total. The lowest BCUT2D eigenvalue weighted by Gasteiger charge is -2.37. The third kappa shape index (κ3) is 4.03. The van der Waals surface area contributed by atoms with Crippen molar-refractivity contribution < 1.29 is 18.8 Å². The van der Waals surface area contributed by atoms with Gasteiger partial charge in [-0.05, 0) is 30.2 Å². The second-order valence-electron chi connectivity index (χ2n) is 7.39. The first-order valence-electron chi connectivity index (χ1n) is 8.97. The molecular formula is C19H24FN3O3. The summed E-state index contributed by atoms with van der Waals surface area (Å²) in [5.74, 6) is -0.287. The molecule has 0 radical (unpaired) electrons. The largest absolute Gasteiger partial charge is 0.388 e. The minimum Gasteiger partial charge on any atom is -0.388 e. The number of hydrogen-bond donors (Lipinski definition) is 1. The van der Waals surface area contributed by atoms with E-state index in [1.807, 2.05) is 13.8 Å². The molecule has 0 unspecified atom stereocenters. The van der Waals surface area contributed by atoms with Gasteiger partial charge >= 0.3 is 0 Å². The zero-order chi connectivity index (χ0) is 18.7. The van der Waals surface area contributed by atoms with Crippen LogP contribution in [0.5, 0.6) is 0 Å². The van der Waals surface area contributed by atoms with E-state index in [0.717, 1.165) is 0 Å². The average Bonchev–Trinajstić information content (AvgIpc) is 3.04. The number of hydrogen-bond acceptors (Lipinski definition) is 4. The number of piperidine rings is 1. The van der Waals surface area contributed by atoms with Gasteiger partial charge in [-0.15, -0.1) is 0 Å². The zero-order valence-electron chi connectivity index (χ0n) is 15.1. The molecule has 1 spiro atoms. The van der Waals surface area contributed by atoms with E-state index in [0.29, 0.717) is 56.1 Å². The Labute approximate surface area is 152 Å². The van der Waals surface area contributed by atoms with Gasteiger partial charge in [0, 0.05) is 44.5 Å². The summed E-state index contributed by atoms with van der Waals surface area (Å²) in [4.78, 5) is 32.0. The van der Waals surface area contributed by atoms with Gasteiger partial charge in [-0.25, -0.2) is 4.39 Å². The number of benzene rings is 1. The highest BCUT2D eigenvalue weighted by atomic mass is 19.1. The van der Waals surface area contributed by atoms with Gasteiger partial charge in [0.15, 0.2) is 0 Å². The standard InChI is InChI=1S/C19H24FN3O3/c1-13(2)12-21-17(24)16-11-19(26-22-16)7-9-23(10-8-19)18(25)14-3-5-15(20)6-4-14/h3-6,13H,7-12H2,1-2H3,(H,21,24). The monoisotopic (exact) mass is 361 g/mol. The van der Waals surface area contributed by atoms with Crippen LogP contribution in [0.15, 0.2) is 29.4 Å². The molecule has 1 aromatic rings. The summed E-state index contributed by atoms with van der Waals surface area (Å²) < 4.78 is 13.0. The third-order valence-corrected chi connectivity index (χ3v) is 4.83. The molecule has 2 aliphatic heterocycles. The highest BCUT2D eigenvalue weighted by molar-refractivity contribution is 6.39. The molecule has 1 aromatic carbocycles. The van der Waals surface area contributed by atoms with Crippen molar-refractivity contribution in [3.05, 3.63) is 35.6 Å². The van der Waals surface area contributed by atoms with Crippen LogP contribution in [0.4, 0.5) is 4.39 Å². The van der Waals surface area contributed by atoms with Crippen LogP contribution in [0, 0.1) is 11.7 Å². The maximum Gasteiger partial charge on any atom is 0.269 e. The number of likely N-dealkylation sites (tertiary alicyclic amines) is 1. The minimum absolute atomic E-state index is 0.117. The summed E-state index contributed by atoms with van der Waals surface area (Å²) in [6, 6.07) is 5.56. The fourth-order valence-electron chi connectivity index (χ4n) is 3.20. The van der Waals surface area contributed by atoms with E-state index in [9.17, 15) is 14.0 Å². The van der Waals surface area contributed by atoms with Gasteiger partial charge in [-0.2, -0.15) is 0 Å². The molecule has 2 aliphatic rings. The van der Waals surface area contributed by atoms with E-state index < -0.39 is 5.60 Å². The van der Waals surface area contributed by atoms with Crippen molar-refractivity contribution in [3.63, 3.8) is 0 Å². The van der Waals surface area contributed by atoms with Crippen LogP contribution in [0.2, 0.25) is 0 Å². The molecule has 0 saturated carbocycles. The van der Waals surface area contributed by atoms with Crippen LogP contribution >= 0.6 is 0 Å². The van der Waals surface area contributed by atoms with E-state index >= 15 is 0 Å². The lowest BCUT2D eigenvalue weighted by atomic mass is 9.86. The van der Waals surface area contributed by atoms with Crippen LogP contribution in [0.3, 0.4) is 0 Å². The minimum atomic E-state index is -0.496. The smallest absolute Gasteiger partial charge is 0.269 e. The molecule has 3 rings (SSSR count). The predicted octanol–water partition coefficient (Wildman–Crippen LogP) is 2.35. The summed E-state index contributed by atoms with van der Waals surface area (Å²) in [7, 11) is 0. The van der Waals surface area contributed by atoms with Gasteiger partial charge in [0.2, 0.25) is 0 Å². The van der Waals surface area contributed by atoms with Crippen molar-refractivity contribution in [2.45, 2.75) is 38.7 Å². The van der Waals surface area contributed by atoms with Gasteiger partial charge < -0.3 is 15.1 Å². The lowest BCUT2D eigenvalue weighted by molar-refractivity contribution is -0.115. The molecule has 1 fully saturated rings. The van der Waals surface area contributed by atoms with Gasteiger partial charge in [0.05, 0.1) is 0 Å². The van der Waals surface area contributed by atoms with E-state index in [1.165, 1.54) is 24.3 Å². The topological polar surface area (TPSA) is 71.0 Å². The van der Waals surface area contributed by atoms with Crippen molar-refractivity contribution in [3.8, 4) is 0 Å². The Bertz CT molecular complexity index is 707. The predicted molar refractivity (Wildman–Crippen MR) is 95.3 cm³/mol. The molecular weight excluding hydrogens is 337 g/mol. The van der Waals surface area contributed by atoms with Gasteiger partial charge in [0.1, 0.15) is 17.1 Å². The normalized spacial score (nSPS) is 18.6. The molecule has 2 heterocycles. The van der Waals surface area contributed by atoms with Gasteiger partial charge in [0.25, 0.3) is 11.8 Å². The first-order valence-corrected chi connectivity index (χ1v) is 8.97. The van der Waals surface area contributed by atoms with E-state index in [2.05, 4.69) is 10.5 Å². The van der Waals surface area contributed by atoms with Crippen molar-refractivity contribution in [1.82, 2.24) is 10.2 Å². The Morgan fingerprint density at radius 2 is 1.92 bits per heavy atom. The Kier molecular flexibility index (Phi) is 5.25.